The number of aryl methyl sites for hydroxylation is 1. The molecule has 1 rings (SSSR count). The summed E-state index contributed by atoms with van der Waals surface area (Å²) in [4.78, 5) is 24.2. The van der Waals surface area contributed by atoms with Gasteiger partial charge in [-0.3, -0.25) is 0 Å². The Morgan fingerprint density at radius 2 is 1.67 bits per heavy atom. The number of esters is 2. The van der Waals surface area contributed by atoms with Crippen molar-refractivity contribution >= 4 is 27.9 Å². The van der Waals surface area contributed by atoms with Crippen LogP contribution in [0, 0.1) is 0 Å². The van der Waals surface area contributed by atoms with Crippen LogP contribution in [0.1, 0.15) is 59.9 Å². The molecule has 0 radical (unpaired) electrons. The molecule has 0 aliphatic heterocycles. The van der Waals surface area contributed by atoms with Gasteiger partial charge in [0.15, 0.2) is 0 Å². The molecule has 0 amide bonds. The van der Waals surface area contributed by atoms with E-state index in [0.717, 1.165) is 29.3 Å². The third-order valence-electron chi connectivity index (χ3n) is 3.01. The standard InChI is InChI=1S/C16H21BrO4/c1-4-7-8-21-16(19)13-10-14(17)11(5-2)9-12(13)15(18)20-6-3/h9-10H,4-8H2,1-3H3. The summed E-state index contributed by atoms with van der Waals surface area (Å²) in [7, 11) is 0. The summed E-state index contributed by atoms with van der Waals surface area (Å²) >= 11 is 3.42. The maximum atomic E-state index is 12.2. The lowest BCUT2D eigenvalue weighted by molar-refractivity contribution is 0.0463. The number of unbranched alkanes of at least 4 members (excludes halogenated alkanes) is 1. The van der Waals surface area contributed by atoms with Crippen molar-refractivity contribution in [3.8, 4) is 0 Å². The van der Waals surface area contributed by atoms with Gasteiger partial charge in [-0.25, -0.2) is 9.59 Å². The quantitative estimate of drug-likeness (QED) is 0.544. The highest BCUT2D eigenvalue weighted by Crippen LogP contribution is 2.24. The maximum Gasteiger partial charge on any atom is 0.339 e. The molecule has 0 aromatic heterocycles. The third kappa shape index (κ3) is 4.84. The number of hydrogen-bond donors (Lipinski definition) is 0. The first-order chi connectivity index (χ1) is 10.0. The van der Waals surface area contributed by atoms with Crippen molar-refractivity contribution in [1.29, 1.82) is 0 Å². The molecule has 0 atom stereocenters. The second kappa shape index (κ2) is 8.82. The van der Waals surface area contributed by atoms with E-state index in [1.807, 2.05) is 13.8 Å². The number of carbonyl (C=O) groups excluding carboxylic acids is 2. The molecule has 0 saturated carbocycles. The second-order valence-corrected chi connectivity index (χ2v) is 5.41. The van der Waals surface area contributed by atoms with E-state index in [1.54, 1.807) is 19.1 Å². The predicted octanol–water partition coefficient (Wildman–Crippen LogP) is 4.15. The van der Waals surface area contributed by atoms with E-state index in [0.29, 0.717) is 6.61 Å². The highest BCUT2D eigenvalue weighted by atomic mass is 79.9. The van der Waals surface area contributed by atoms with Crippen LogP contribution in [0.2, 0.25) is 0 Å². The van der Waals surface area contributed by atoms with Gasteiger partial charge in [0.1, 0.15) is 0 Å². The molecule has 0 heterocycles. The van der Waals surface area contributed by atoms with Gasteiger partial charge >= 0.3 is 11.9 Å². The van der Waals surface area contributed by atoms with Crippen LogP contribution in [-0.4, -0.2) is 25.2 Å². The van der Waals surface area contributed by atoms with Gasteiger partial charge in [-0.2, -0.15) is 0 Å². The van der Waals surface area contributed by atoms with E-state index in [2.05, 4.69) is 15.9 Å². The fourth-order valence-electron chi connectivity index (χ4n) is 1.82. The number of rotatable bonds is 7. The molecule has 5 heteroatoms. The lowest BCUT2D eigenvalue weighted by atomic mass is 10.0. The minimum atomic E-state index is -0.498. The van der Waals surface area contributed by atoms with Crippen LogP contribution in [0.5, 0.6) is 0 Å². The molecular weight excluding hydrogens is 336 g/mol. The van der Waals surface area contributed by atoms with Crippen molar-refractivity contribution in [2.45, 2.75) is 40.0 Å². The molecule has 0 aliphatic carbocycles. The van der Waals surface area contributed by atoms with Gasteiger partial charge in [-0.05, 0) is 37.5 Å². The zero-order valence-corrected chi connectivity index (χ0v) is 14.3. The van der Waals surface area contributed by atoms with Crippen LogP contribution >= 0.6 is 15.9 Å². The van der Waals surface area contributed by atoms with Crippen molar-refractivity contribution in [3.05, 3.63) is 33.3 Å². The van der Waals surface area contributed by atoms with Crippen LogP contribution in [-0.2, 0) is 15.9 Å². The SMILES string of the molecule is CCCCOC(=O)c1cc(Br)c(CC)cc1C(=O)OCC. The Morgan fingerprint density at radius 1 is 1.05 bits per heavy atom. The lowest BCUT2D eigenvalue weighted by Gasteiger charge is -2.12. The summed E-state index contributed by atoms with van der Waals surface area (Å²) in [5.41, 5.74) is 1.45. The molecule has 4 nitrogen and oxygen atoms in total. The average Bonchev–Trinajstić information content (AvgIpc) is 2.47. The van der Waals surface area contributed by atoms with Crippen molar-refractivity contribution < 1.29 is 19.1 Å². The van der Waals surface area contributed by atoms with E-state index in [-0.39, 0.29) is 17.7 Å². The Morgan fingerprint density at radius 3 is 2.24 bits per heavy atom. The van der Waals surface area contributed by atoms with Crippen molar-refractivity contribution in [2.75, 3.05) is 13.2 Å². The maximum absolute atomic E-state index is 12.2. The van der Waals surface area contributed by atoms with Crippen LogP contribution in [0.4, 0.5) is 0 Å². The van der Waals surface area contributed by atoms with E-state index in [9.17, 15) is 9.59 Å². The summed E-state index contributed by atoms with van der Waals surface area (Å²) in [6.45, 7) is 6.35. The molecule has 0 unspecified atom stereocenters. The van der Waals surface area contributed by atoms with Gasteiger partial charge in [0, 0.05) is 4.47 Å². The minimum Gasteiger partial charge on any atom is -0.462 e. The number of benzene rings is 1. The van der Waals surface area contributed by atoms with Gasteiger partial charge < -0.3 is 9.47 Å². The topological polar surface area (TPSA) is 52.6 Å². The zero-order valence-electron chi connectivity index (χ0n) is 12.7. The Kier molecular flexibility index (Phi) is 7.43. The fourth-order valence-corrected chi connectivity index (χ4v) is 2.45. The van der Waals surface area contributed by atoms with Crippen LogP contribution in [0.15, 0.2) is 16.6 Å². The summed E-state index contributed by atoms with van der Waals surface area (Å²) in [6.07, 6.45) is 2.49. The Balaban J connectivity index is 3.12. The largest absolute Gasteiger partial charge is 0.462 e. The monoisotopic (exact) mass is 356 g/mol. The predicted molar refractivity (Wildman–Crippen MR) is 84.7 cm³/mol. The molecule has 0 bridgehead atoms. The highest BCUT2D eigenvalue weighted by molar-refractivity contribution is 9.10. The molecule has 1 aromatic rings. The van der Waals surface area contributed by atoms with Gasteiger partial charge in [0.2, 0.25) is 0 Å². The Hall–Kier alpha value is -1.36. The highest BCUT2D eigenvalue weighted by Gasteiger charge is 2.21. The average molecular weight is 357 g/mol. The number of ether oxygens (including phenoxy) is 2. The van der Waals surface area contributed by atoms with Gasteiger partial charge in [-0.1, -0.05) is 36.2 Å². The van der Waals surface area contributed by atoms with Crippen molar-refractivity contribution in [3.63, 3.8) is 0 Å². The first-order valence-corrected chi connectivity index (χ1v) is 8.01. The van der Waals surface area contributed by atoms with Gasteiger partial charge in [0.05, 0.1) is 24.3 Å². The molecule has 116 valence electrons. The smallest absolute Gasteiger partial charge is 0.339 e. The first-order valence-electron chi connectivity index (χ1n) is 7.21. The normalized spacial score (nSPS) is 10.3. The fraction of sp³-hybridized carbons (Fsp3) is 0.500. The summed E-state index contributed by atoms with van der Waals surface area (Å²) in [6, 6.07) is 3.33. The number of carbonyl (C=O) groups is 2. The van der Waals surface area contributed by atoms with E-state index < -0.39 is 11.9 Å². The van der Waals surface area contributed by atoms with Crippen LogP contribution in [0.3, 0.4) is 0 Å². The molecule has 21 heavy (non-hydrogen) atoms. The Bertz CT molecular complexity index is 511. The second-order valence-electron chi connectivity index (χ2n) is 4.55. The van der Waals surface area contributed by atoms with Gasteiger partial charge in [-0.15, -0.1) is 0 Å². The van der Waals surface area contributed by atoms with Crippen LogP contribution in [0.25, 0.3) is 0 Å². The minimum absolute atomic E-state index is 0.244. The van der Waals surface area contributed by atoms with E-state index in [4.69, 9.17) is 9.47 Å². The summed E-state index contributed by atoms with van der Waals surface area (Å²) < 4.78 is 11.0. The first kappa shape index (κ1) is 17.7. The number of hydrogen-bond acceptors (Lipinski definition) is 4. The van der Waals surface area contributed by atoms with Gasteiger partial charge in [0.25, 0.3) is 0 Å². The number of halogens is 1. The lowest BCUT2D eigenvalue weighted by Crippen LogP contribution is -2.15. The van der Waals surface area contributed by atoms with E-state index >= 15 is 0 Å². The third-order valence-corrected chi connectivity index (χ3v) is 3.75. The molecule has 0 fully saturated rings. The van der Waals surface area contributed by atoms with Crippen molar-refractivity contribution in [1.82, 2.24) is 0 Å². The molecule has 0 aliphatic rings. The Labute approximate surface area is 133 Å². The van der Waals surface area contributed by atoms with Crippen LogP contribution < -0.4 is 0 Å². The zero-order chi connectivity index (χ0) is 15.8. The van der Waals surface area contributed by atoms with Crippen molar-refractivity contribution in [2.24, 2.45) is 0 Å². The molecule has 0 spiro atoms. The summed E-state index contributed by atoms with van der Waals surface area (Å²) in [5, 5.41) is 0. The van der Waals surface area contributed by atoms with E-state index in [1.165, 1.54) is 0 Å². The molecular formula is C16H21BrO4. The molecule has 0 N–H and O–H groups in total. The summed E-state index contributed by atoms with van der Waals surface area (Å²) in [5.74, 6) is -0.989. The molecule has 0 saturated heterocycles. The molecule has 1 aromatic carbocycles.